The summed E-state index contributed by atoms with van der Waals surface area (Å²) in [5, 5.41) is 8.73. The quantitative estimate of drug-likeness (QED) is 0.925. The van der Waals surface area contributed by atoms with Crippen LogP contribution in [0.5, 0.6) is 0 Å². The van der Waals surface area contributed by atoms with Crippen LogP contribution in [0.15, 0.2) is 40.9 Å². The normalized spacial score (nSPS) is 11.3. The number of hydrogen-bond donors (Lipinski definition) is 1. The van der Waals surface area contributed by atoms with Crippen LogP contribution in [0.4, 0.5) is 0 Å². The van der Waals surface area contributed by atoms with Crippen molar-refractivity contribution in [1.29, 1.82) is 0 Å². The van der Waals surface area contributed by atoms with Gasteiger partial charge in [0.1, 0.15) is 0 Å². The fourth-order valence-corrected chi connectivity index (χ4v) is 3.67. The van der Waals surface area contributed by atoms with E-state index in [2.05, 4.69) is 4.98 Å². The van der Waals surface area contributed by atoms with Gasteiger partial charge in [0, 0.05) is 11.1 Å². The van der Waals surface area contributed by atoms with Crippen LogP contribution in [0.2, 0.25) is 0 Å². The number of nitrogens with zero attached hydrogens (tertiary/aromatic N) is 1. The smallest absolute Gasteiger partial charge is 0.335 e. The molecule has 0 amide bonds. The standard InChI is InChI=1S/C11H9NO4S2/c13-11(14)8-1-3-10(4-2-8)18(15,16)6-9-5-12-7-17-9/h1-5,7H,6H2,(H,13,14). The Labute approximate surface area is 108 Å². The lowest BCUT2D eigenvalue weighted by molar-refractivity contribution is 0.0697. The molecule has 0 fully saturated rings. The van der Waals surface area contributed by atoms with E-state index in [4.69, 9.17) is 5.11 Å². The second kappa shape index (κ2) is 4.87. The predicted molar refractivity (Wildman–Crippen MR) is 66.4 cm³/mol. The van der Waals surface area contributed by atoms with Crippen molar-refractivity contribution < 1.29 is 18.3 Å². The number of aromatic carboxylic acids is 1. The van der Waals surface area contributed by atoms with Gasteiger partial charge in [0.15, 0.2) is 9.84 Å². The second-order valence-electron chi connectivity index (χ2n) is 3.56. The molecule has 94 valence electrons. The van der Waals surface area contributed by atoms with Crippen molar-refractivity contribution in [3.8, 4) is 0 Å². The zero-order chi connectivity index (χ0) is 13.2. The van der Waals surface area contributed by atoms with Crippen molar-refractivity contribution in [2.75, 3.05) is 0 Å². The molecule has 1 aromatic carbocycles. The van der Waals surface area contributed by atoms with E-state index >= 15 is 0 Å². The molecule has 5 nitrogen and oxygen atoms in total. The highest BCUT2D eigenvalue weighted by Gasteiger charge is 2.16. The lowest BCUT2D eigenvalue weighted by Gasteiger charge is -2.03. The van der Waals surface area contributed by atoms with Crippen LogP contribution in [0.1, 0.15) is 15.2 Å². The number of sulfone groups is 1. The third-order valence-electron chi connectivity index (χ3n) is 2.28. The molecular weight excluding hydrogens is 274 g/mol. The molecule has 0 saturated heterocycles. The molecule has 0 atom stereocenters. The maximum Gasteiger partial charge on any atom is 0.335 e. The molecule has 0 aliphatic carbocycles. The van der Waals surface area contributed by atoms with Crippen molar-refractivity contribution in [1.82, 2.24) is 4.98 Å². The summed E-state index contributed by atoms with van der Waals surface area (Å²) in [6.07, 6.45) is 1.51. The van der Waals surface area contributed by atoms with E-state index in [1.807, 2.05) is 0 Å². The Balaban J connectivity index is 2.27. The highest BCUT2D eigenvalue weighted by molar-refractivity contribution is 7.90. The molecule has 0 aliphatic rings. The van der Waals surface area contributed by atoms with Crippen LogP contribution in [0.3, 0.4) is 0 Å². The lowest BCUT2D eigenvalue weighted by Crippen LogP contribution is -2.05. The topological polar surface area (TPSA) is 84.3 Å². The fraction of sp³-hybridized carbons (Fsp3) is 0.0909. The Bertz CT molecular complexity index is 645. The summed E-state index contributed by atoms with van der Waals surface area (Å²) in [7, 11) is -3.45. The summed E-state index contributed by atoms with van der Waals surface area (Å²) in [5.41, 5.74) is 1.63. The van der Waals surface area contributed by atoms with Crippen molar-refractivity contribution in [2.45, 2.75) is 10.6 Å². The first-order valence-electron chi connectivity index (χ1n) is 4.92. The average molecular weight is 283 g/mol. The van der Waals surface area contributed by atoms with Crippen LogP contribution in [0, 0.1) is 0 Å². The predicted octanol–water partition coefficient (Wildman–Crippen LogP) is 1.82. The molecule has 18 heavy (non-hydrogen) atoms. The maximum absolute atomic E-state index is 12.0. The molecule has 0 aliphatic heterocycles. The molecule has 1 N–H and O–H groups in total. The number of aromatic nitrogens is 1. The largest absolute Gasteiger partial charge is 0.478 e. The average Bonchev–Trinajstić information content (AvgIpc) is 2.81. The first kappa shape index (κ1) is 12.7. The number of carboxylic acid groups (broad SMARTS) is 1. The van der Waals surface area contributed by atoms with Gasteiger partial charge in [0.25, 0.3) is 0 Å². The van der Waals surface area contributed by atoms with E-state index in [1.54, 1.807) is 5.51 Å². The van der Waals surface area contributed by atoms with Crippen molar-refractivity contribution in [3.05, 3.63) is 46.4 Å². The summed E-state index contributed by atoms with van der Waals surface area (Å²) in [5.74, 6) is -1.20. The first-order valence-corrected chi connectivity index (χ1v) is 7.46. The number of thiazole rings is 1. The SMILES string of the molecule is O=C(O)c1ccc(S(=O)(=O)Cc2cncs2)cc1. The van der Waals surface area contributed by atoms with Gasteiger partial charge in [-0.2, -0.15) is 0 Å². The molecule has 1 aromatic heterocycles. The van der Waals surface area contributed by atoms with Gasteiger partial charge in [-0.3, -0.25) is 4.98 Å². The molecule has 0 radical (unpaired) electrons. The molecule has 7 heteroatoms. The number of carbonyl (C=O) groups is 1. The van der Waals surface area contributed by atoms with Crippen molar-refractivity contribution >= 4 is 27.1 Å². The Kier molecular flexibility index (Phi) is 3.44. The summed E-state index contributed by atoms with van der Waals surface area (Å²) in [6.45, 7) is 0. The number of hydrogen-bond acceptors (Lipinski definition) is 5. The molecule has 2 aromatic rings. The van der Waals surface area contributed by atoms with Gasteiger partial charge in [0.2, 0.25) is 0 Å². The Hall–Kier alpha value is -1.73. The number of benzene rings is 1. The van der Waals surface area contributed by atoms with E-state index in [0.717, 1.165) is 0 Å². The molecule has 1 heterocycles. The van der Waals surface area contributed by atoms with Gasteiger partial charge in [-0.1, -0.05) is 0 Å². The van der Waals surface area contributed by atoms with E-state index in [0.29, 0.717) is 4.88 Å². The number of rotatable bonds is 4. The van der Waals surface area contributed by atoms with Gasteiger partial charge in [0.05, 0.1) is 21.7 Å². The van der Waals surface area contributed by atoms with Crippen LogP contribution in [-0.2, 0) is 15.6 Å². The zero-order valence-electron chi connectivity index (χ0n) is 9.11. The fourth-order valence-electron chi connectivity index (χ4n) is 1.39. The van der Waals surface area contributed by atoms with Gasteiger partial charge in [-0.05, 0) is 24.3 Å². The van der Waals surface area contributed by atoms with Crippen molar-refractivity contribution in [2.24, 2.45) is 0 Å². The van der Waals surface area contributed by atoms with E-state index in [-0.39, 0.29) is 16.2 Å². The highest BCUT2D eigenvalue weighted by atomic mass is 32.2. The zero-order valence-corrected chi connectivity index (χ0v) is 10.7. The van der Waals surface area contributed by atoms with E-state index in [9.17, 15) is 13.2 Å². The maximum atomic E-state index is 12.0. The minimum Gasteiger partial charge on any atom is -0.478 e. The van der Waals surface area contributed by atoms with Crippen LogP contribution in [0.25, 0.3) is 0 Å². The van der Waals surface area contributed by atoms with Crippen LogP contribution in [-0.4, -0.2) is 24.5 Å². The summed E-state index contributed by atoms with van der Waals surface area (Å²) >= 11 is 1.27. The molecule has 2 rings (SSSR count). The van der Waals surface area contributed by atoms with Gasteiger partial charge >= 0.3 is 5.97 Å². The molecule has 0 saturated carbocycles. The highest BCUT2D eigenvalue weighted by Crippen LogP contribution is 2.19. The van der Waals surface area contributed by atoms with Crippen LogP contribution >= 0.6 is 11.3 Å². The van der Waals surface area contributed by atoms with E-state index < -0.39 is 15.8 Å². The Morgan fingerprint density at radius 1 is 1.28 bits per heavy atom. The minimum absolute atomic E-state index is 0.0618. The third-order valence-corrected chi connectivity index (χ3v) is 4.92. The van der Waals surface area contributed by atoms with Gasteiger partial charge in [-0.25, -0.2) is 13.2 Å². The van der Waals surface area contributed by atoms with Crippen LogP contribution < -0.4 is 0 Å². The minimum atomic E-state index is -3.45. The summed E-state index contributed by atoms with van der Waals surface area (Å²) < 4.78 is 24.0. The van der Waals surface area contributed by atoms with E-state index in [1.165, 1.54) is 41.8 Å². The summed E-state index contributed by atoms with van der Waals surface area (Å²) in [4.78, 5) is 15.2. The van der Waals surface area contributed by atoms with Gasteiger partial charge < -0.3 is 5.11 Å². The monoisotopic (exact) mass is 283 g/mol. The molecule has 0 unspecified atom stereocenters. The second-order valence-corrected chi connectivity index (χ2v) is 6.52. The first-order chi connectivity index (χ1) is 8.49. The third kappa shape index (κ3) is 2.74. The molecular formula is C11H9NO4S2. The number of carboxylic acids is 1. The lowest BCUT2D eigenvalue weighted by atomic mass is 10.2. The summed E-state index contributed by atoms with van der Waals surface area (Å²) in [6, 6.07) is 5.17. The Morgan fingerprint density at radius 2 is 1.94 bits per heavy atom. The molecule has 0 bridgehead atoms. The Morgan fingerprint density at radius 3 is 2.44 bits per heavy atom. The van der Waals surface area contributed by atoms with Gasteiger partial charge in [-0.15, -0.1) is 11.3 Å². The van der Waals surface area contributed by atoms with Crippen molar-refractivity contribution in [3.63, 3.8) is 0 Å². The molecule has 0 spiro atoms.